The van der Waals surface area contributed by atoms with Gasteiger partial charge in [0.15, 0.2) is 0 Å². The van der Waals surface area contributed by atoms with Crippen LogP contribution in [0.1, 0.15) is 30.8 Å². The van der Waals surface area contributed by atoms with Crippen molar-refractivity contribution in [3.8, 4) is 0 Å². The first-order chi connectivity index (χ1) is 10.2. The van der Waals surface area contributed by atoms with Gasteiger partial charge in [-0.25, -0.2) is 4.98 Å². The van der Waals surface area contributed by atoms with Crippen molar-refractivity contribution >= 4 is 26.8 Å². The summed E-state index contributed by atoms with van der Waals surface area (Å²) < 4.78 is 2.63. The maximum atomic E-state index is 10.7. The zero-order valence-electron chi connectivity index (χ0n) is 11.7. The zero-order chi connectivity index (χ0) is 14.8. The molecule has 0 aliphatic rings. The third kappa shape index (κ3) is 2.71. The standard InChI is InChI=1S/C16H16BrN3O/c1-2-9-20-15(12(17)10-18-20)16(21)14-8-7-11-5-3-4-6-13(11)19-14/h3-8,10,16,21H,2,9H2,1H3. The Bertz CT molecular complexity index is 769. The van der Waals surface area contributed by atoms with E-state index in [1.54, 1.807) is 6.20 Å². The van der Waals surface area contributed by atoms with Crippen molar-refractivity contribution in [2.75, 3.05) is 0 Å². The highest BCUT2D eigenvalue weighted by molar-refractivity contribution is 9.10. The van der Waals surface area contributed by atoms with E-state index < -0.39 is 6.10 Å². The average Bonchev–Trinajstić information content (AvgIpc) is 2.87. The van der Waals surface area contributed by atoms with Crippen LogP contribution in [0.2, 0.25) is 0 Å². The molecule has 0 aliphatic heterocycles. The van der Waals surface area contributed by atoms with Crippen molar-refractivity contribution in [3.05, 3.63) is 58.5 Å². The number of aryl methyl sites for hydroxylation is 1. The normalized spacial score (nSPS) is 12.7. The summed E-state index contributed by atoms with van der Waals surface area (Å²) in [6.07, 6.45) is 1.88. The first-order valence-corrected chi connectivity index (χ1v) is 7.75. The fraction of sp³-hybridized carbons (Fsp3) is 0.250. The monoisotopic (exact) mass is 345 g/mol. The predicted octanol–water partition coefficient (Wildman–Crippen LogP) is 3.69. The van der Waals surface area contributed by atoms with Crippen LogP contribution in [0.5, 0.6) is 0 Å². The topological polar surface area (TPSA) is 50.9 Å². The Labute approximate surface area is 131 Å². The number of aromatic nitrogens is 3. The molecule has 0 fully saturated rings. The van der Waals surface area contributed by atoms with E-state index in [0.717, 1.165) is 34.0 Å². The van der Waals surface area contributed by atoms with Gasteiger partial charge in [0, 0.05) is 11.9 Å². The molecule has 0 aliphatic carbocycles. The molecule has 5 heteroatoms. The molecule has 0 saturated heterocycles. The molecule has 4 nitrogen and oxygen atoms in total. The Morgan fingerprint density at radius 1 is 1.24 bits per heavy atom. The second-order valence-corrected chi connectivity index (χ2v) is 5.79. The molecule has 0 spiro atoms. The minimum Gasteiger partial charge on any atom is -0.380 e. The van der Waals surface area contributed by atoms with Crippen molar-refractivity contribution in [3.63, 3.8) is 0 Å². The molecule has 1 aromatic carbocycles. The molecular weight excluding hydrogens is 330 g/mol. The summed E-state index contributed by atoms with van der Waals surface area (Å²) in [5.41, 5.74) is 2.26. The second kappa shape index (κ2) is 5.95. The number of nitrogens with zero attached hydrogens (tertiary/aromatic N) is 3. The third-order valence-electron chi connectivity index (χ3n) is 3.43. The zero-order valence-corrected chi connectivity index (χ0v) is 13.3. The first kappa shape index (κ1) is 14.2. The molecule has 2 aromatic heterocycles. The van der Waals surface area contributed by atoms with Crippen LogP contribution in [0.15, 0.2) is 47.1 Å². The number of halogens is 1. The van der Waals surface area contributed by atoms with Crippen LogP contribution >= 0.6 is 15.9 Å². The Balaban J connectivity index is 2.03. The lowest BCUT2D eigenvalue weighted by Gasteiger charge is -2.14. The number of fused-ring (bicyclic) bond motifs is 1. The SMILES string of the molecule is CCCn1ncc(Br)c1C(O)c1ccc2ccccc2n1. The number of rotatable bonds is 4. The minimum absolute atomic E-state index is 0.632. The van der Waals surface area contributed by atoms with Crippen LogP contribution in [0.4, 0.5) is 0 Å². The fourth-order valence-corrected chi connectivity index (χ4v) is 2.92. The highest BCUT2D eigenvalue weighted by atomic mass is 79.9. The van der Waals surface area contributed by atoms with Crippen LogP contribution in [0.3, 0.4) is 0 Å². The number of pyridine rings is 1. The maximum absolute atomic E-state index is 10.7. The lowest BCUT2D eigenvalue weighted by Crippen LogP contribution is -2.11. The molecule has 0 saturated carbocycles. The number of aliphatic hydroxyl groups excluding tert-OH is 1. The minimum atomic E-state index is -0.793. The molecule has 0 amide bonds. The van der Waals surface area contributed by atoms with E-state index in [0.29, 0.717) is 5.69 Å². The lowest BCUT2D eigenvalue weighted by atomic mass is 10.1. The molecule has 1 atom stereocenters. The number of hydrogen-bond donors (Lipinski definition) is 1. The number of benzene rings is 1. The Hall–Kier alpha value is -1.72. The summed E-state index contributed by atoms with van der Waals surface area (Å²) in [4.78, 5) is 4.56. The summed E-state index contributed by atoms with van der Waals surface area (Å²) in [5.74, 6) is 0. The average molecular weight is 346 g/mol. The molecule has 0 radical (unpaired) electrons. The van der Waals surface area contributed by atoms with Crippen molar-refractivity contribution in [1.82, 2.24) is 14.8 Å². The van der Waals surface area contributed by atoms with Gasteiger partial charge < -0.3 is 5.11 Å². The van der Waals surface area contributed by atoms with Crippen LogP contribution in [0, 0.1) is 0 Å². The van der Waals surface area contributed by atoms with E-state index in [1.165, 1.54) is 0 Å². The molecule has 2 heterocycles. The molecule has 108 valence electrons. The van der Waals surface area contributed by atoms with Gasteiger partial charge in [-0.2, -0.15) is 5.10 Å². The first-order valence-electron chi connectivity index (χ1n) is 6.95. The fourth-order valence-electron chi connectivity index (χ4n) is 2.41. The Kier molecular flexibility index (Phi) is 4.03. The van der Waals surface area contributed by atoms with E-state index in [4.69, 9.17) is 0 Å². The van der Waals surface area contributed by atoms with Gasteiger partial charge in [0.1, 0.15) is 6.10 Å². The predicted molar refractivity (Wildman–Crippen MR) is 86.0 cm³/mol. The maximum Gasteiger partial charge on any atom is 0.139 e. The molecule has 3 rings (SSSR count). The molecule has 21 heavy (non-hydrogen) atoms. The summed E-state index contributed by atoms with van der Waals surface area (Å²) in [6.45, 7) is 2.85. The van der Waals surface area contributed by atoms with Crippen LogP contribution < -0.4 is 0 Å². The van der Waals surface area contributed by atoms with Crippen LogP contribution in [-0.4, -0.2) is 19.9 Å². The highest BCUT2D eigenvalue weighted by Gasteiger charge is 2.20. The van der Waals surface area contributed by atoms with Gasteiger partial charge in [0.2, 0.25) is 0 Å². The van der Waals surface area contributed by atoms with Gasteiger partial charge in [-0.15, -0.1) is 0 Å². The highest BCUT2D eigenvalue weighted by Crippen LogP contribution is 2.28. The van der Waals surface area contributed by atoms with Crippen LogP contribution in [-0.2, 0) is 6.54 Å². The molecule has 1 N–H and O–H groups in total. The van der Waals surface area contributed by atoms with E-state index >= 15 is 0 Å². The smallest absolute Gasteiger partial charge is 0.139 e. The Morgan fingerprint density at radius 3 is 2.86 bits per heavy atom. The molecule has 1 unspecified atom stereocenters. The van der Waals surface area contributed by atoms with Crippen molar-refractivity contribution < 1.29 is 5.11 Å². The summed E-state index contributed by atoms with van der Waals surface area (Å²) in [5, 5.41) is 16.0. The van der Waals surface area contributed by atoms with Gasteiger partial charge >= 0.3 is 0 Å². The Morgan fingerprint density at radius 2 is 2.05 bits per heavy atom. The second-order valence-electron chi connectivity index (χ2n) is 4.93. The lowest BCUT2D eigenvalue weighted by molar-refractivity contribution is 0.202. The van der Waals surface area contributed by atoms with Gasteiger partial charge in [-0.05, 0) is 34.5 Å². The third-order valence-corrected chi connectivity index (χ3v) is 4.04. The molecular formula is C16H16BrN3O. The van der Waals surface area contributed by atoms with E-state index in [1.807, 2.05) is 41.1 Å². The number of hydrogen-bond acceptors (Lipinski definition) is 3. The van der Waals surface area contributed by atoms with Crippen molar-refractivity contribution in [2.45, 2.75) is 26.0 Å². The van der Waals surface area contributed by atoms with E-state index in [2.05, 4.69) is 32.9 Å². The largest absolute Gasteiger partial charge is 0.380 e. The van der Waals surface area contributed by atoms with Crippen molar-refractivity contribution in [1.29, 1.82) is 0 Å². The summed E-state index contributed by atoms with van der Waals surface area (Å²) in [6, 6.07) is 11.7. The van der Waals surface area contributed by atoms with Crippen LogP contribution in [0.25, 0.3) is 10.9 Å². The van der Waals surface area contributed by atoms with Gasteiger partial charge in [0.25, 0.3) is 0 Å². The number of para-hydroxylation sites is 1. The van der Waals surface area contributed by atoms with Crippen molar-refractivity contribution in [2.24, 2.45) is 0 Å². The van der Waals surface area contributed by atoms with Gasteiger partial charge in [-0.1, -0.05) is 31.2 Å². The summed E-state index contributed by atoms with van der Waals surface area (Å²) >= 11 is 3.46. The summed E-state index contributed by atoms with van der Waals surface area (Å²) in [7, 11) is 0. The van der Waals surface area contributed by atoms with Gasteiger partial charge in [0.05, 0.1) is 27.6 Å². The van der Waals surface area contributed by atoms with E-state index in [9.17, 15) is 5.11 Å². The quantitative estimate of drug-likeness (QED) is 0.784. The molecule has 3 aromatic rings. The molecule has 0 bridgehead atoms. The van der Waals surface area contributed by atoms with E-state index in [-0.39, 0.29) is 0 Å². The van der Waals surface area contributed by atoms with Gasteiger partial charge in [-0.3, -0.25) is 4.68 Å². The number of aliphatic hydroxyl groups is 1.